The lowest BCUT2D eigenvalue weighted by Crippen LogP contribution is -2.18. The average molecular weight is 455 g/mol. The number of hydrogen-bond donors (Lipinski definition) is 1. The van der Waals surface area contributed by atoms with Gasteiger partial charge in [0.2, 0.25) is 0 Å². The molecule has 6 nitrogen and oxygen atoms in total. The molecule has 4 aromatic carbocycles. The molecule has 0 saturated carbocycles. The second-order valence-corrected chi connectivity index (χ2v) is 7.51. The smallest absolute Gasteiger partial charge is 0.275 e. The van der Waals surface area contributed by atoms with E-state index < -0.39 is 0 Å². The minimum Gasteiger partial charge on any atom is -0.496 e. The van der Waals surface area contributed by atoms with E-state index in [0.717, 1.165) is 21.9 Å². The Morgan fingerprint density at radius 1 is 0.853 bits per heavy atom. The maximum absolute atomic E-state index is 12.8. The van der Waals surface area contributed by atoms with Crippen molar-refractivity contribution in [3.63, 3.8) is 0 Å². The Balaban J connectivity index is 1.46. The molecule has 1 N–H and O–H groups in total. The number of carbonyl (C=O) groups excluding carboxylic acids is 1. The zero-order valence-corrected chi connectivity index (χ0v) is 19.2. The van der Waals surface area contributed by atoms with Gasteiger partial charge in [0.1, 0.15) is 12.4 Å². The van der Waals surface area contributed by atoms with Crippen molar-refractivity contribution in [1.82, 2.24) is 5.43 Å². The molecular weight excluding hydrogens is 428 g/mol. The molecule has 172 valence electrons. The first kappa shape index (κ1) is 22.9. The molecular formula is C28H26N2O4. The lowest BCUT2D eigenvalue weighted by atomic mass is 10.1. The van der Waals surface area contributed by atoms with Crippen LogP contribution in [-0.2, 0) is 6.61 Å². The lowest BCUT2D eigenvalue weighted by Gasteiger charge is -2.12. The Hall–Kier alpha value is -4.32. The number of methoxy groups -OCH3 is 1. The van der Waals surface area contributed by atoms with Crippen LogP contribution < -0.4 is 19.6 Å². The number of benzene rings is 4. The molecule has 6 heteroatoms. The van der Waals surface area contributed by atoms with Crippen LogP contribution in [0.15, 0.2) is 90.0 Å². The van der Waals surface area contributed by atoms with Crippen molar-refractivity contribution >= 4 is 22.9 Å². The summed E-state index contributed by atoms with van der Waals surface area (Å²) in [6.07, 6.45) is 1.56. The summed E-state index contributed by atoms with van der Waals surface area (Å²) in [6, 6.07) is 26.9. The molecule has 0 heterocycles. The van der Waals surface area contributed by atoms with Crippen molar-refractivity contribution in [2.24, 2.45) is 5.10 Å². The number of carbonyl (C=O) groups is 1. The van der Waals surface area contributed by atoms with Crippen LogP contribution in [0.4, 0.5) is 0 Å². The standard InChI is InChI=1S/C28H26N2O4/c1-3-33-27-15-21(13-14-25(27)34-19-20-9-5-4-6-10-20)18-29-30-28(31)24-16-22-11-7-8-12-23(22)17-26(24)32-2/h4-18H,3,19H2,1-2H3,(H,30,31)/b29-18-. The van der Waals surface area contributed by atoms with Crippen molar-refractivity contribution in [2.75, 3.05) is 13.7 Å². The fourth-order valence-electron chi connectivity index (χ4n) is 3.52. The van der Waals surface area contributed by atoms with Crippen LogP contribution in [0, 0.1) is 0 Å². The zero-order chi connectivity index (χ0) is 23.8. The number of fused-ring (bicyclic) bond motifs is 1. The topological polar surface area (TPSA) is 69.2 Å². The summed E-state index contributed by atoms with van der Waals surface area (Å²) in [5, 5.41) is 6.07. The van der Waals surface area contributed by atoms with Crippen LogP contribution in [0.5, 0.6) is 17.2 Å². The molecule has 0 spiro atoms. The number of hydrazone groups is 1. The van der Waals surface area contributed by atoms with Gasteiger partial charge in [0.25, 0.3) is 5.91 Å². The number of hydrogen-bond acceptors (Lipinski definition) is 5. The fraction of sp³-hybridized carbons (Fsp3) is 0.143. The monoisotopic (exact) mass is 454 g/mol. The predicted molar refractivity (Wildman–Crippen MR) is 134 cm³/mol. The van der Waals surface area contributed by atoms with E-state index in [9.17, 15) is 4.79 Å². The molecule has 0 saturated heterocycles. The second kappa shape index (κ2) is 11.0. The highest BCUT2D eigenvalue weighted by Crippen LogP contribution is 2.29. The molecule has 0 aliphatic carbocycles. The summed E-state index contributed by atoms with van der Waals surface area (Å²) in [6.45, 7) is 2.86. The number of nitrogens with one attached hydrogen (secondary N) is 1. The van der Waals surface area contributed by atoms with Crippen molar-refractivity contribution in [3.8, 4) is 17.2 Å². The largest absolute Gasteiger partial charge is 0.496 e. The summed E-state index contributed by atoms with van der Waals surface area (Å²) < 4.78 is 17.1. The average Bonchev–Trinajstić information content (AvgIpc) is 2.88. The third kappa shape index (κ3) is 5.53. The van der Waals surface area contributed by atoms with Crippen molar-refractivity contribution < 1.29 is 19.0 Å². The molecule has 0 atom stereocenters. The van der Waals surface area contributed by atoms with Crippen molar-refractivity contribution in [1.29, 1.82) is 0 Å². The highest BCUT2D eigenvalue weighted by atomic mass is 16.5. The van der Waals surface area contributed by atoms with Crippen LogP contribution in [0.1, 0.15) is 28.4 Å². The van der Waals surface area contributed by atoms with Gasteiger partial charge in [-0.3, -0.25) is 4.79 Å². The Bertz CT molecular complexity index is 1300. The van der Waals surface area contributed by atoms with Gasteiger partial charge < -0.3 is 14.2 Å². The number of amides is 1. The van der Waals surface area contributed by atoms with Crippen molar-refractivity contribution in [3.05, 3.63) is 102 Å². The highest BCUT2D eigenvalue weighted by molar-refractivity contribution is 6.02. The Morgan fingerprint density at radius 3 is 2.32 bits per heavy atom. The van der Waals surface area contributed by atoms with Gasteiger partial charge in [0.05, 0.1) is 25.5 Å². The predicted octanol–water partition coefficient (Wildman–Crippen LogP) is 5.59. The number of nitrogens with zero attached hydrogens (tertiary/aromatic N) is 1. The van der Waals surface area contributed by atoms with Gasteiger partial charge in [-0.2, -0.15) is 5.10 Å². The van der Waals surface area contributed by atoms with Gasteiger partial charge in [-0.05, 0) is 59.2 Å². The molecule has 1 amide bonds. The molecule has 0 aromatic heterocycles. The minimum atomic E-state index is -0.355. The van der Waals surface area contributed by atoms with E-state index >= 15 is 0 Å². The van der Waals surface area contributed by atoms with Gasteiger partial charge >= 0.3 is 0 Å². The summed E-state index contributed by atoms with van der Waals surface area (Å²) in [5.41, 5.74) is 4.83. The van der Waals surface area contributed by atoms with Crippen LogP contribution in [0.25, 0.3) is 10.8 Å². The summed E-state index contributed by atoms with van der Waals surface area (Å²) in [4.78, 5) is 12.8. The van der Waals surface area contributed by atoms with E-state index in [0.29, 0.717) is 36.0 Å². The molecule has 0 fully saturated rings. The van der Waals surface area contributed by atoms with Gasteiger partial charge in [0, 0.05) is 0 Å². The van der Waals surface area contributed by atoms with Gasteiger partial charge in [0.15, 0.2) is 11.5 Å². The molecule has 0 bridgehead atoms. The first-order valence-electron chi connectivity index (χ1n) is 11.0. The number of ether oxygens (including phenoxy) is 3. The van der Waals surface area contributed by atoms with Gasteiger partial charge in [-0.25, -0.2) is 5.43 Å². The zero-order valence-electron chi connectivity index (χ0n) is 19.2. The maximum atomic E-state index is 12.8. The molecule has 4 aromatic rings. The Morgan fingerprint density at radius 2 is 1.59 bits per heavy atom. The molecule has 0 radical (unpaired) electrons. The maximum Gasteiger partial charge on any atom is 0.275 e. The van der Waals surface area contributed by atoms with Crippen LogP contribution in [0.2, 0.25) is 0 Å². The third-order valence-corrected chi connectivity index (χ3v) is 5.20. The summed E-state index contributed by atoms with van der Waals surface area (Å²) >= 11 is 0. The normalized spacial score (nSPS) is 10.9. The van der Waals surface area contributed by atoms with E-state index in [2.05, 4.69) is 10.5 Å². The van der Waals surface area contributed by atoms with Gasteiger partial charge in [-0.15, -0.1) is 0 Å². The Labute approximate surface area is 198 Å². The third-order valence-electron chi connectivity index (χ3n) is 5.20. The SMILES string of the molecule is CCOc1cc(/C=N\NC(=O)c2cc3ccccc3cc2OC)ccc1OCc1ccccc1. The fourth-order valence-corrected chi connectivity index (χ4v) is 3.52. The first-order chi connectivity index (χ1) is 16.7. The van der Waals surface area contributed by atoms with E-state index in [1.165, 1.54) is 0 Å². The highest BCUT2D eigenvalue weighted by Gasteiger charge is 2.13. The van der Waals surface area contributed by atoms with Crippen LogP contribution in [0.3, 0.4) is 0 Å². The van der Waals surface area contributed by atoms with E-state index in [1.807, 2.05) is 85.8 Å². The molecule has 0 aliphatic rings. The van der Waals surface area contributed by atoms with Crippen LogP contribution in [-0.4, -0.2) is 25.8 Å². The van der Waals surface area contributed by atoms with Crippen LogP contribution >= 0.6 is 0 Å². The summed E-state index contributed by atoms with van der Waals surface area (Å²) in [5.74, 6) is 1.40. The molecule has 34 heavy (non-hydrogen) atoms. The molecule has 0 unspecified atom stereocenters. The summed E-state index contributed by atoms with van der Waals surface area (Å²) in [7, 11) is 1.54. The quantitative estimate of drug-likeness (QED) is 0.264. The first-order valence-corrected chi connectivity index (χ1v) is 11.0. The van der Waals surface area contributed by atoms with E-state index in [4.69, 9.17) is 14.2 Å². The van der Waals surface area contributed by atoms with Crippen molar-refractivity contribution in [2.45, 2.75) is 13.5 Å². The minimum absolute atomic E-state index is 0.355. The molecule has 0 aliphatic heterocycles. The van der Waals surface area contributed by atoms with Gasteiger partial charge in [-0.1, -0.05) is 54.6 Å². The second-order valence-electron chi connectivity index (χ2n) is 7.51. The molecule has 4 rings (SSSR count). The van der Waals surface area contributed by atoms with E-state index in [1.54, 1.807) is 19.4 Å². The van der Waals surface area contributed by atoms with E-state index in [-0.39, 0.29) is 5.91 Å². The number of rotatable bonds is 9. The Kier molecular flexibility index (Phi) is 7.40. The lowest BCUT2D eigenvalue weighted by molar-refractivity contribution is 0.0952.